The van der Waals surface area contributed by atoms with Gasteiger partial charge in [0.25, 0.3) is 5.56 Å². The van der Waals surface area contributed by atoms with E-state index < -0.39 is 0 Å². The molecule has 0 fully saturated rings. The molecule has 166 valence electrons. The number of aryl methyl sites for hydroxylation is 1. The van der Waals surface area contributed by atoms with Gasteiger partial charge in [0.2, 0.25) is 0 Å². The van der Waals surface area contributed by atoms with Crippen molar-refractivity contribution in [1.82, 2.24) is 25.0 Å². The van der Waals surface area contributed by atoms with E-state index in [2.05, 4.69) is 51.8 Å². The number of pyridine rings is 1. The van der Waals surface area contributed by atoms with Crippen LogP contribution in [0.2, 0.25) is 0 Å². The van der Waals surface area contributed by atoms with Crippen molar-refractivity contribution in [2.75, 3.05) is 53.4 Å². The minimum Gasteiger partial charge on any atom is -0.363 e. The highest BCUT2D eigenvalue weighted by atomic mass is 32.1. The lowest BCUT2D eigenvalue weighted by molar-refractivity contribution is 0.297. The SMILES string of the molecule is CCN(CC)CCCNC(=S)N(CCN(C)C)Cc1cc2cc(C)ccc2[nH]c1=O. The standard InChI is InChI=1S/C23H37N5OS/c1-6-27(7-2)12-8-11-24-23(30)28(14-13-26(4)5)17-20-16-19-15-18(3)9-10-21(19)25-22(20)29/h9-10,15-16H,6-8,11-14,17H2,1-5H3,(H,24,30)(H,25,29). The van der Waals surface area contributed by atoms with Crippen LogP contribution in [-0.4, -0.2) is 78.2 Å². The summed E-state index contributed by atoms with van der Waals surface area (Å²) in [5.41, 5.74) is 2.73. The third-order valence-corrected chi connectivity index (χ3v) is 5.77. The van der Waals surface area contributed by atoms with Crippen LogP contribution in [0.15, 0.2) is 29.1 Å². The van der Waals surface area contributed by atoms with Crippen molar-refractivity contribution in [1.29, 1.82) is 0 Å². The second-order valence-corrected chi connectivity index (χ2v) is 8.44. The van der Waals surface area contributed by atoms with Gasteiger partial charge in [0.15, 0.2) is 5.11 Å². The van der Waals surface area contributed by atoms with Gasteiger partial charge < -0.3 is 25.0 Å². The van der Waals surface area contributed by atoms with Gasteiger partial charge in [-0.25, -0.2) is 0 Å². The average molecular weight is 432 g/mol. The first-order valence-electron chi connectivity index (χ1n) is 10.9. The van der Waals surface area contributed by atoms with Gasteiger partial charge in [-0.2, -0.15) is 0 Å². The fourth-order valence-electron chi connectivity index (χ4n) is 3.42. The van der Waals surface area contributed by atoms with Crippen LogP contribution < -0.4 is 10.9 Å². The number of H-pyrrole nitrogens is 1. The van der Waals surface area contributed by atoms with E-state index in [0.29, 0.717) is 11.7 Å². The molecule has 0 aliphatic heterocycles. The van der Waals surface area contributed by atoms with E-state index in [1.807, 2.05) is 32.3 Å². The Bertz CT molecular complexity index is 876. The van der Waals surface area contributed by atoms with Crippen molar-refractivity contribution in [3.05, 3.63) is 45.7 Å². The van der Waals surface area contributed by atoms with E-state index in [0.717, 1.165) is 62.2 Å². The second kappa shape index (κ2) is 12.0. The molecular formula is C23H37N5OS. The van der Waals surface area contributed by atoms with Gasteiger partial charge >= 0.3 is 0 Å². The first kappa shape index (κ1) is 24.3. The summed E-state index contributed by atoms with van der Waals surface area (Å²) in [6.07, 6.45) is 1.04. The number of aromatic amines is 1. The Hall–Kier alpha value is -1.96. The van der Waals surface area contributed by atoms with Crippen LogP contribution in [0.3, 0.4) is 0 Å². The molecule has 1 aromatic heterocycles. The molecular weight excluding hydrogens is 394 g/mol. The van der Waals surface area contributed by atoms with Gasteiger partial charge in [-0.3, -0.25) is 4.79 Å². The highest BCUT2D eigenvalue weighted by Gasteiger charge is 2.14. The lowest BCUT2D eigenvalue weighted by atomic mass is 10.1. The predicted molar refractivity (Wildman–Crippen MR) is 131 cm³/mol. The molecule has 0 amide bonds. The van der Waals surface area contributed by atoms with Crippen LogP contribution in [0.25, 0.3) is 10.9 Å². The van der Waals surface area contributed by atoms with Gasteiger partial charge in [0.1, 0.15) is 0 Å². The fourth-order valence-corrected chi connectivity index (χ4v) is 3.67. The zero-order valence-corrected chi connectivity index (χ0v) is 19.9. The average Bonchev–Trinajstić information content (AvgIpc) is 2.71. The predicted octanol–water partition coefficient (Wildman–Crippen LogP) is 2.81. The number of benzene rings is 1. The normalized spacial score (nSPS) is 11.4. The van der Waals surface area contributed by atoms with Gasteiger partial charge in [-0.15, -0.1) is 0 Å². The summed E-state index contributed by atoms with van der Waals surface area (Å²) in [7, 11) is 4.09. The lowest BCUT2D eigenvalue weighted by Crippen LogP contribution is -2.44. The molecule has 0 saturated heterocycles. The quantitative estimate of drug-likeness (QED) is 0.422. The van der Waals surface area contributed by atoms with Crippen LogP contribution in [-0.2, 0) is 6.54 Å². The van der Waals surface area contributed by atoms with Crippen LogP contribution in [0.1, 0.15) is 31.4 Å². The Morgan fingerprint density at radius 3 is 2.50 bits per heavy atom. The first-order valence-corrected chi connectivity index (χ1v) is 11.3. The van der Waals surface area contributed by atoms with Crippen LogP contribution in [0, 0.1) is 6.92 Å². The third-order valence-electron chi connectivity index (χ3n) is 5.36. The monoisotopic (exact) mass is 431 g/mol. The number of hydrogen-bond donors (Lipinski definition) is 2. The number of likely N-dealkylation sites (N-methyl/N-ethyl adjacent to an activating group) is 1. The first-order chi connectivity index (χ1) is 14.3. The Morgan fingerprint density at radius 1 is 1.10 bits per heavy atom. The minimum absolute atomic E-state index is 0.0504. The molecule has 0 bridgehead atoms. The van der Waals surface area contributed by atoms with Gasteiger partial charge in [-0.1, -0.05) is 25.5 Å². The summed E-state index contributed by atoms with van der Waals surface area (Å²) in [5.74, 6) is 0. The zero-order chi connectivity index (χ0) is 22.1. The van der Waals surface area contributed by atoms with Crippen LogP contribution in [0.5, 0.6) is 0 Å². The van der Waals surface area contributed by atoms with Gasteiger partial charge in [0, 0.05) is 30.7 Å². The molecule has 0 radical (unpaired) electrons. The maximum atomic E-state index is 12.7. The lowest BCUT2D eigenvalue weighted by Gasteiger charge is -2.27. The number of thiocarbonyl (C=S) groups is 1. The molecule has 2 rings (SSSR count). The van der Waals surface area contributed by atoms with Crippen LogP contribution in [0.4, 0.5) is 0 Å². The maximum absolute atomic E-state index is 12.7. The minimum atomic E-state index is -0.0504. The number of nitrogens with one attached hydrogen (secondary N) is 2. The van der Waals surface area contributed by atoms with Crippen molar-refractivity contribution in [3.63, 3.8) is 0 Å². The van der Waals surface area contributed by atoms with E-state index in [-0.39, 0.29) is 5.56 Å². The maximum Gasteiger partial charge on any atom is 0.253 e. The summed E-state index contributed by atoms with van der Waals surface area (Å²) >= 11 is 5.69. The molecule has 0 saturated carbocycles. The fraction of sp³-hybridized carbons (Fsp3) is 0.565. The third kappa shape index (κ3) is 7.38. The van der Waals surface area contributed by atoms with Crippen molar-refractivity contribution in [3.8, 4) is 0 Å². The summed E-state index contributed by atoms with van der Waals surface area (Å²) in [6, 6.07) is 8.07. The summed E-state index contributed by atoms with van der Waals surface area (Å²) in [4.78, 5) is 22.3. The molecule has 2 aromatic rings. The number of aromatic nitrogens is 1. The zero-order valence-electron chi connectivity index (χ0n) is 19.1. The molecule has 1 heterocycles. The van der Waals surface area contributed by atoms with E-state index in [1.54, 1.807) is 0 Å². The number of rotatable bonds is 11. The molecule has 0 spiro atoms. The Balaban J connectivity index is 2.08. The summed E-state index contributed by atoms with van der Waals surface area (Å²) in [6.45, 7) is 12.6. The van der Waals surface area contributed by atoms with Gasteiger partial charge in [-0.05, 0) is 82.9 Å². The smallest absolute Gasteiger partial charge is 0.253 e. The number of hydrogen-bond acceptors (Lipinski definition) is 4. The molecule has 0 aliphatic carbocycles. The van der Waals surface area contributed by atoms with Gasteiger partial charge in [0.05, 0.1) is 6.54 Å². The molecule has 1 aromatic carbocycles. The van der Waals surface area contributed by atoms with E-state index in [4.69, 9.17) is 12.2 Å². The van der Waals surface area contributed by atoms with Crippen molar-refractivity contribution < 1.29 is 0 Å². The molecule has 0 unspecified atom stereocenters. The molecule has 0 aliphatic rings. The van der Waals surface area contributed by atoms with Crippen molar-refractivity contribution in [2.24, 2.45) is 0 Å². The Labute approximate surface area is 186 Å². The molecule has 7 heteroatoms. The van der Waals surface area contributed by atoms with Crippen LogP contribution >= 0.6 is 12.2 Å². The Kier molecular flexibility index (Phi) is 9.75. The van der Waals surface area contributed by atoms with Crippen molar-refractivity contribution >= 4 is 28.2 Å². The molecule has 2 N–H and O–H groups in total. The molecule has 30 heavy (non-hydrogen) atoms. The Morgan fingerprint density at radius 2 is 1.83 bits per heavy atom. The largest absolute Gasteiger partial charge is 0.363 e. The topological polar surface area (TPSA) is 54.6 Å². The van der Waals surface area contributed by atoms with E-state index >= 15 is 0 Å². The van der Waals surface area contributed by atoms with E-state index in [1.165, 1.54) is 5.56 Å². The number of nitrogens with zero attached hydrogens (tertiary/aromatic N) is 3. The van der Waals surface area contributed by atoms with E-state index in [9.17, 15) is 4.79 Å². The highest BCUT2D eigenvalue weighted by molar-refractivity contribution is 7.80. The van der Waals surface area contributed by atoms with Crippen molar-refractivity contribution in [2.45, 2.75) is 33.7 Å². The molecule has 0 atom stereocenters. The number of fused-ring (bicyclic) bond motifs is 1. The summed E-state index contributed by atoms with van der Waals surface area (Å²) < 4.78 is 0. The highest BCUT2D eigenvalue weighted by Crippen LogP contribution is 2.14. The second-order valence-electron chi connectivity index (χ2n) is 8.05. The summed E-state index contributed by atoms with van der Waals surface area (Å²) in [5, 5.41) is 5.16. The molecule has 6 nitrogen and oxygen atoms in total.